The van der Waals surface area contributed by atoms with Crippen LogP contribution in [-0.2, 0) is 4.79 Å². The third kappa shape index (κ3) is 3.00. The van der Waals surface area contributed by atoms with Gasteiger partial charge >= 0.3 is 0 Å². The molecule has 0 amide bonds. The highest BCUT2D eigenvalue weighted by Crippen LogP contribution is 2.57. The summed E-state index contributed by atoms with van der Waals surface area (Å²) in [4.78, 5) is 13.0. The van der Waals surface area contributed by atoms with Crippen LogP contribution in [0.2, 0.25) is 0 Å². The van der Waals surface area contributed by atoms with Crippen LogP contribution in [0.1, 0.15) is 72.6 Å². The first-order valence-corrected chi connectivity index (χ1v) is 9.32. The number of allylic oxidation sites excluding steroid dienone is 1. The number of rotatable bonds is 4. The van der Waals surface area contributed by atoms with Gasteiger partial charge in [-0.25, -0.2) is 0 Å². The Balaban J connectivity index is 2.11. The molecule has 0 saturated heterocycles. The van der Waals surface area contributed by atoms with E-state index in [0.29, 0.717) is 17.1 Å². The molecule has 0 radical (unpaired) electrons. The number of Topliss-reactive ketones (excluding diaryl/α,β-unsaturated/α-hetero) is 1. The van der Waals surface area contributed by atoms with Gasteiger partial charge in [0.1, 0.15) is 0 Å². The fourth-order valence-corrected chi connectivity index (χ4v) is 5.38. The molecule has 0 unspecified atom stereocenters. The second-order valence-corrected chi connectivity index (χ2v) is 8.52. The molecule has 0 heterocycles. The number of carbonyl (C=O) groups excluding carboxylic acids is 1. The van der Waals surface area contributed by atoms with Gasteiger partial charge < -0.3 is 0 Å². The zero-order valence-corrected chi connectivity index (χ0v) is 14.4. The van der Waals surface area contributed by atoms with Crippen molar-refractivity contribution in [2.45, 2.75) is 72.6 Å². The quantitative estimate of drug-likeness (QED) is 0.496. The molecule has 20 heavy (non-hydrogen) atoms. The minimum Gasteiger partial charge on any atom is -0.294 e. The molecule has 2 aliphatic carbocycles. The van der Waals surface area contributed by atoms with Crippen LogP contribution in [0.25, 0.3) is 0 Å². The number of unbranched alkanes of at least 4 members (excludes halogenated alkanes) is 1. The van der Waals surface area contributed by atoms with Gasteiger partial charge in [0.05, 0.1) is 0 Å². The fraction of sp³-hybridized carbons (Fsp3) is 0.833. The molecule has 2 fully saturated rings. The summed E-state index contributed by atoms with van der Waals surface area (Å²) >= 11 is 1.84. The average Bonchev–Trinajstić information content (AvgIpc) is 2.38. The van der Waals surface area contributed by atoms with Gasteiger partial charge in [-0.2, -0.15) is 0 Å². The monoisotopic (exact) mass is 294 g/mol. The Morgan fingerprint density at radius 2 is 2.05 bits per heavy atom. The third-order valence-electron chi connectivity index (χ3n) is 5.58. The lowest BCUT2D eigenvalue weighted by Gasteiger charge is -2.52. The van der Waals surface area contributed by atoms with Crippen molar-refractivity contribution in [1.29, 1.82) is 0 Å². The minimum atomic E-state index is -0.0862. The summed E-state index contributed by atoms with van der Waals surface area (Å²) in [6, 6.07) is 0. The van der Waals surface area contributed by atoms with Crippen LogP contribution in [-0.4, -0.2) is 11.5 Å². The van der Waals surface area contributed by atoms with Gasteiger partial charge in [-0.15, -0.1) is 11.8 Å². The largest absolute Gasteiger partial charge is 0.294 e. The van der Waals surface area contributed by atoms with Crippen molar-refractivity contribution in [3.8, 4) is 0 Å². The Labute approximate surface area is 129 Å². The number of fused-ring (bicyclic) bond motifs is 1. The number of thioether (sulfide) groups is 1. The second kappa shape index (κ2) is 6.25. The van der Waals surface area contributed by atoms with E-state index in [4.69, 9.17) is 0 Å². The van der Waals surface area contributed by atoms with Gasteiger partial charge in [0.2, 0.25) is 0 Å². The number of ketones is 1. The maximum Gasteiger partial charge on any atom is 0.165 e. The van der Waals surface area contributed by atoms with E-state index in [1.807, 2.05) is 11.8 Å². The Morgan fingerprint density at radius 3 is 2.75 bits per heavy atom. The highest BCUT2D eigenvalue weighted by molar-refractivity contribution is 8.02. The van der Waals surface area contributed by atoms with E-state index >= 15 is 0 Å². The number of hydrogen-bond donors (Lipinski definition) is 0. The average molecular weight is 295 g/mol. The lowest BCUT2D eigenvalue weighted by molar-refractivity contribution is -0.137. The predicted octanol–water partition coefficient (Wildman–Crippen LogP) is 5.60. The molecular formula is C18H30OS. The number of carbonyl (C=O) groups is 1. The molecule has 1 nitrogen and oxygen atoms in total. The van der Waals surface area contributed by atoms with Crippen LogP contribution in [0.3, 0.4) is 0 Å². The van der Waals surface area contributed by atoms with Crippen LogP contribution < -0.4 is 0 Å². The standard InChI is InChI=1S/C18H30OS/c1-5-6-12-20-13-14-8-9-15-17(2,3)10-7-11-18(15,4)16(14)19/h13,15H,5-12H2,1-4H3/b14-13-/t15-,18-/m1/s1. The first-order chi connectivity index (χ1) is 9.42. The van der Waals surface area contributed by atoms with Crippen LogP contribution in [0.5, 0.6) is 0 Å². The van der Waals surface area contributed by atoms with Crippen molar-refractivity contribution in [3.05, 3.63) is 11.0 Å². The van der Waals surface area contributed by atoms with E-state index in [1.54, 1.807) is 0 Å². The van der Waals surface area contributed by atoms with E-state index in [1.165, 1.54) is 32.1 Å². The minimum absolute atomic E-state index is 0.0862. The smallest absolute Gasteiger partial charge is 0.165 e. The molecule has 2 atom stereocenters. The molecule has 2 rings (SSSR count). The Morgan fingerprint density at radius 1 is 1.30 bits per heavy atom. The van der Waals surface area contributed by atoms with E-state index in [2.05, 4.69) is 33.1 Å². The van der Waals surface area contributed by atoms with Crippen LogP contribution >= 0.6 is 11.8 Å². The summed E-state index contributed by atoms with van der Waals surface area (Å²) < 4.78 is 0. The van der Waals surface area contributed by atoms with Crippen molar-refractivity contribution in [3.63, 3.8) is 0 Å². The van der Waals surface area contributed by atoms with Crippen molar-refractivity contribution in [2.24, 2.45) is 16.7 Å². The third-order valence-corrected chi connectivity index (χ3v) is 6.56. The highest BCUT2D eigenvalue weighted by atomic mass is 32.2. The normalized spacial score (nSPS) is 35.1. The van der Waals surface area contributed by atoms with E-state index in [-0.39, 0.29) is 5.41 Å². The van der Waals surface area contributed by atoms with Crippen LogP contribution in [0, 0.1) is 16.7 Å². The van der Waals surface area contributed by atoms with Crippen molar-refractivity contribution in [2.75, 3.05) is 5.75 Å². The summed E-state index contributed by atoms with van der Waals surface area (Å²) in [5.74, 6) is 2.19. The van der Waals surface area contributed by atoms with Gasteiger partial charge in [-0.3, -0.25) is 4.79 Å². The summed E-state index contributed by atoms with van der Waals surface area (Å²) in [6.07, 6.45) is 8.27. The Bertz CT molecular complexity index is 396. The molecule has 2 heteroatoms. The molecule has 0 aromatic heterocycles. The van der Waals surface area contributed by atoms with Gasteiger partial charge in [0.15, 0.2) is 5.78 Å². The zero-order valence-electron chi connectivity index (χ0n) is 13.6. The molecule has 0 bridgehead atoms. The maximum absolute atomic E-state index is 13.0. The van der Waals surface area contributed by atoms with E-state index in [0.717, 1.165) is 24.2 Å². The van der Waals surface area contributed by atoms with Crippen molar-refractivity contribution < 1.29 is 4.79 Å². The van der Waals surface area contributed by atoms with E-state index < -0.39 is 0 Å². The molecule has 2 aliphatic rings. The second-order valence-electron chi connectivity index (χ2n) is 7.55. The lowest BCUT2D eigenvalue weighted by Crippen LogP contribution is -2.49. The molecule has 0 aromatic rings. The Kier molecular flexibility index (Phi) is 5.05. The highest BCUT2D eigenvalue weighted by Gasteiger charge is 2.53. The van der Waals surface area contributed by atoms with Gasteiger partial charge in [0, 0.05) is 11.0 Å². The molecule has 0 aromatic carbocycles. The number of hydrogen-bond acceptors (Lipinski definition) is 2. The van der Waals surface area contributed by atoms with Gasteiger partial charge in [-0.05, 0) is 54.6 Å². The predicted molar refractivity (Wildman–Crippen MR) is 88.9 cm³/mol. The van der Waals surface area contributed by atoms with Crippen molar-refractivity contribution >= 4 is 17.5 Å². The fourth-order valence-electron chi connectivity index (χ4n) is 4.38. The summed E-state index contributed by atoms with van der Waals surface area (Å²) in [7, 11) is 0. The summed E-state index contributed by atoms with van der Waals surface area (Å²) in [5.41, 5.74) is 1.36. The van der Waals surface area contributed by atoms with Crippen LogP contribution in [0.4, 0.5) is 0 Å². The van der Waals surface area contributed by atoms with Gasteiger partial charge in [-0.1, -0.05) is 40.5 Å². The molecule has 0 aliphatic heterocycles. The van der Waals surface area contributed by atoms with Crippen LogP contribution in [0.15, 0.2) is 11.0 Å². The summed E-state index contributed by atoms with van der Waals surface area (Å²) in [6.45, 7) is 9.19. The first kappa shape index (κ1) is 16.1. The zero-order chi connectivity index (χ0) is 14.8. The first-order valence-electron chi connectivity index (χ1n) is 8.27. The van der Waals surface area contributed by atoms with E-state index in [9.17, 15) is 4.79 Å². The van der Waals surface area contributed by atoms with Gasteiger partial charge in [0.25, 0.3) is 0 Å². The topological polar surface area (TPSA) is 17.1 Å². The van der Waals surface area contributed by atoms with Crippen molar-refractivity contribution in [1.82, 2.24) is 0 Å². The molecular weight excluding hydrogens is 264 g/mol. The lowest BCUT2D eigenvalue weighted by atomic mass is 9.51. The maximum atomic E-state index is 13.0. The summed E-state index contributed by atoms with van der Waals surface area (Å²) in [5, 5.41) is 2.18. The molecule has 0 N–H and O–H groups in total. The Hall–Kier alpha value is -0.240. The molecule has 114 valence electrons. The SMILES string of the molecule is CCCCS/C=C1/CC[C@@H]2C(C)(C)CCC[C@@]2(C)C1=O. The molecule has 0 spiro atoms. The molecule has 2 saturated carbocycles.